The van der Waals surface area contributed by atoms with Gasteiger partial charge < -0.3 is 0 Å². The van der Waals surface area contributed by atoms with Crippen molar-refractivity contribution in [3.05, 3.63) is 96.9 Å². The maximum absolute atomic E-state index is 2.69. The Kier molecular flexibility index (Phi) is 9.63. The summed E-state index contributed by atoms with van der Waals surface area (Å²) in [6.45, 7) is 17.0. The minimum atomic E-state index is -1.90. The molecule has 4 rings (SSSR count). The van der Waals surface area contributed by atoms with Gasteiger partial charge in [-0.2, -0.15) is 0 Å². The second kappa shape index (κ2) is 11.2. The molecule has 0 saturated heterocycles. The van der Waals surface area contributed by atoms with Crippen molar-refractivity contribution in [2.45, 2.75) is 57.8 Å². The molecule has 2 aliphatic carbocycles. The van der Waals surface area contributed by atoms with Gasteiger partial charge in [0, 0.05) is 0 Å². The number of hydrogen-bond donors (Lipinski definition) is 0. The maximum atomic E-state index is 2.69. The molecule has 0 bridgehead atoms. The molecule has 2 aliphatic rings. The minimum absolute atomic E-state index is 0. The van der Waals surface area contributed by atoms with Crippen molar-refractivity contribution in [3.63, 3.8) is 0 Å². The number of allylic oxidation sites excluding steroid dienone is 5. The van der Waals surface area contributed by atoms with E-state index in [-0.39, 0.29) is 30.2 Å². The number of halogens is 2. The van der Waals surface area contributed by atoms with E-state index in [1.165, 1.54) is 22.3 Å². The van der Waals surface area contributed by atoms with Crippen LogP contribution in [0, 0.1) is 5.92 Å². The van der Waals surface area contributed by atoms with Crippen molar-refractivity contribution in [1.29, 1.82) is 0 Å². The molecule has 0 aliphatic heterocycles. The summed E-state index contributed by atoms with van der Waals surface area (Å²) < 4.78 is 2.59. The molecule has 0 amide bonds. The fourth-order valence-electron chi connectivity index (χ4n) is 5.32. The number of rotatable bonds is 4. The Bertz CT molecular complexity index is 1130. The molecule has 32 heavy (non-hydrogen) atoms. The smallest absolute Gasteiger partial charge is 0.147 e. The number of fused-ring (bicyclic) bond motifs is 1. The average Bonchev–Trinajstić information content (AvgIpc) is 3.22. The molecule has 0 radical (unpaired) electrons. The van der Waals surface area contributed by atoms with Crippen molar-refractivity contribution in [2.75, 3.05) is 0 Å². The first kappa shape index (κ1) is 27.6. The van der Waals surface area contributed by atoms with Crippen LogP contribution in [0.4, 0.5) is 0 Å². The summed E-state index contributed by atoms with van der Waals surface area (Å²) >= 11 is -1.90. The van der Waals surface area contributed by atoms with Gasteiger partial charge in [-0.3, -0.25) is 0 Å². The third kappa shape index (κ3) is 4.76. The van der Waals surface area contributed by atoms with E-state index in [2.05, 4.69) is 102 Å². The van der Waals surface area contributed by atoms with Crippen molar-refractivity contribution in [2.24, 2.45) is 5.92 Å². The van der Waals surface area contributed by atoms with Gasteiger partial charge in [0.2, 0.25) is 0 Å². The first-order valence-corrected chi connectivity index (χ1v) is 20.1. The summed E-state index contributed by atoms with van der Waals surface area (Å²) in [6, 6.07) is 18.6. The Morgan fingerprint density at radius 1 is 0.875 bits per heavy atom. The number of aryl methyl sites for hydroxylation is 1. The van der Waals surface area contributed by atoms with Gasteiger partial charge in [0.15, 0.2) is 0 Å². The molecule has 4 heteroatoms. The van der Waals surface area contributed by atoms with E-state index < -0.39 is 20.4 Å². The van der Waals surface area contributed by atoms with Crippen molar-refractivity contribution in [1.82, 2.24) is 0 Å². The Labute approximate surface area is 215 Å². The molecule has 0 fully saturated rings. The standard InChI is InChI=1S/C17H15.C9H13.C2H6Si.2ClH.Zr/c1-2-13-7-9-15(10-8-13)17-12-11-14-5-3-4-6-16(14)17;1-6-5-7(2)9(4)8(6)3;1-3-2;;;/h3-12H,2H2,1H3;6H,1-4H3;1-2H3;2*1H;. The first-order chi connectivity index (χ1) is 14.3. The minimum Gasteiger partial charge on any atom is -0.147 e. The molecule has 0 spiro atoms. The zero-order chi connectivity index (χ0) is 21.6. The number of benzene rings is 2. The Balaban J connectivity index is 0.00000181. The van der Waals surface area contributed by atoms with Crippen LogP contribution in [0.1, 0.15) is 60.5 Å². The zero-order valence-electron chi connectivity index (χ0n) is 20.4. The van der Waals surface area contributed by atoms with Crippen molar-refractivity contribution in [3.8, 4) is 0 Å². The summed E-state index contributed by atoms with van der Waals surface area (Å²) in [7, 11) is 0. The van der Waals surface area contributed by atoms with Gasteiger partial charge in [0.1, 0.15) is 0 Å². The fourth-order valence-corrected chi connectivity index (χ4v) is 25.0. The Morgan fingerprint density at radius 3 is 2.03 bits per heavy atom. The summed E-state index contributed by atoms with van der Waals surface area (Å²) in [4.78, 5) is 0. The maximum Gasteiger partial charge on any atom is -0.147 e. The van der Waals surface area contributed by atoms with Crippen LogP contribution in [0.15, 0.2) is 74.6 Å². The molecule has 0 heterocycles. The van der Waals surface area contributed by atoms with Gasteiger partial charge >= 0.3 is 192 Å². The largest absolute Gasteiger partial charge is 0.147 e. The third-order valence-electron chi connectivity index (χ3n) is 7.37. The molecular formula is C28H36Cl2SiZr. The Morgan fingerprint density at radius 2 is 1.50 bits per heavy atom. The van der Waals surface area contributed by atoms with Crippen LogP contribution >= 0.6 is 24.8 Å². The molecule has 2 aromatic carbocycles. The summed E-state index contributed by atoms with van der Waals surface area (Å²) in [5.74, 6) is 0.660. The van der Waals surface area contributed by atoms with Crippen LogP contribution in [-0.2, 0) is 26.8 Å². The molecule has 0 saturated carbocycles. The fraction of sp³-hybridized carbons (Fsp3) is 0.357. The van der Waals surface area contributed by atoms with E-state index in [1.54, 1.807) is 22.3 Å². The predicted molar refractivity (Wildman–Crippen MR) is 144 cm³/mol. The van der Waals surface area contributed by atoms with Crippen LogP contribution in [0.3, 0.4) is 0 Å². The summed E-state index contributed by atoms with van der Waals surface area (Å²) in [5, 5.41) is 0. The van der Waals surface area contributed by atoms with Gasteiger partial charge in [0.25, 0.3) is 0 Å². The molecule has 0 N–H and O–H groups in total. The van der Waals surface area contributed by atoms with Crippen LogP contribution < -0.4 is 0 Å². The van der Waals surface area contributed by atoms with E-state index in [4.69, 9.17) is 0 Å². The SMILES string of the molecule is CCc1ccc(C2=C[CH]([Zr]([C]3=C(C)C(C)=C(C)C3C)=[Si](C)C)c3ccccc32)cc1.Cl.Cl. The van der Waals surface area contributed by atoms with Crippen LogP contribution in [-0.4, -0.2) is 5.43 Å². The number of hydrogen-bond acceptors (Lipinski definition) is 0. The molecule has 2 atom stereocenters. The monoisotopic (exact) mass is 560 g/mol. The second-order valence-corrected chi connectivity index (χ2v) is 26.6. The van der Waals surface area contributed by atoms with E-state index in [0.29, 0.717) is 9.54 Å². The van der Waals surface area contributed by atoms with Crippen LogP contribution in [0.25, 0.3) is 5.57 Å². The summed E-state index contributed by atoms with van der Waals surface area (Å²) in [6.07, 6.45) is 3.79. The molecule has 0 aromatic heterocycles. The van der Waals surface area contributed by atoms with Crippen LogP contribution in [0.5, 0.6) is 0 Å². The topological polar surface area (TPSA) is 0 Å². The normalized spacial score (nSPS) is 19.3. The molecule has 2 unspecified atom stereocenters. The molecule has 170 valence electrons. The van der Waals surface area contributed by atoms with Gasteiger partial charge in [-0.05, 0) is 0 Å². The van der Waals surface area contributed by atoms with Crippen LogP contribution in [0.2, 0.25) is 13.1 Å². The van der Waals surface area contributed by atoms with Crippen molar-refractivity contribution < 1.29 is 20.4 Å². The van der Waals surface area contributed by atoms with E-state index >= 15 is 0 Å². The van der Waals surface area contributed by atoms with Gasteiger partial charge in [0.05, 0.1) is 0 Å². The zero-order valence-corrected chi connectivity index (χ0v) is 25.5. The molecular weight excluding hydrogens is 527 g/mol. The van der Waals surface area contributed by atoms with Gasteiger partial charge in [-0.25, -0.2) is 0 Å². The second-order valence-electron chi connectivity index (χ2n) is 9.18. The summed E-state index contributed by atoms with van der Waals surface area (Å²) in [5.41, 5.74) is 11.9. The first-order valence-electron chi connectivity index (χ1n) is 11.3. The van der Waals surface area contributed by atoms with E-state index in [1.807, 2.05) is 3.28 Å². The predicted octanol–water partition coefficient (Wildman–Crippen LogP) is 8.71. The molecule has 0 nitrogen and oxygen atoms in total. The third-order valence-corrected chi connectivity index (χ3v) is 25.9. The Hall–Kier alpha value is -0.660. The van der Waals surface area contributed by atoms with Gasteiger partial charge in [-0.15, -0.1) is 24.8 Å². The van der Waals surface area contributed by atoms with Gasteiger partial charge in [-0.1, -0.05) is 0 Å². The van der Waals surface area contributed by atoms with Crippen molar-refractivity contribution >= 4 is 35.8 Å². The molecule has 2 aromatic rings. The van der Waals surface area contributed by atoms with E-state index in [0.717, 1.165) is 6.42 Å². The average molecular weight is 563 g/mol. The van der Waals surface area contributed by atoms with E-state index in [9.17, 15) is 0 Å². The quantitative estimate of drug-likeness (QED) is 0.327.